The van der Waals surface area contributed by atoms with Gasteiger partial charge in [-0.1, -0.05) is 42.5 Å². The Morgan fingerprint density at radius 3 is 2.37 bits per heavy atom. The van der Waals surface area contributed by atoms with Gasteiger partial charge in [-0.2, -0.15) is 0 Å². The SMILES string of the molecule is O=Cc1ccc(OCc2ccccc2)c(-c2cccc(OC(F)(F)F)c2)c1. The Morgan fingerprint density at radius 2 is 1.67 bits per heavy atom. The molecule has 0 spiro atoms. The number of hydrogen-bond donors (Lipinski definition) is 0. The van der Waals surface area contributed by atoms with Gasteiger partial charge in [0.15, 0.2) is 0 Å². The van der Waals surface area contributed by atoms with Crippen LogP contribution < -0.4 is 9.47 Å². The molecule has 0 aliphatic carbocycles. The van der Waals surface area contributed by atoms with E-state index in [1.54, 1.807) is 24.3 Å². The molecule has 3 aromatic rings. The third-order valence-electron chi connectivity index (χ3n) is 3.76. The summed E-state index contributed by atoms with van der Waals surface area (Å²) in [4.78, 5) is 11.1. The molecule has 0 heterocycles. The predicted octanol–water partition coefficient (Wildman–Crippen LogP) is 5.64. The Hall–Kier alpha value is -3.28. The summed E-state index contributed by atoms with van der Waals surface area (Å²) < 4.78 is 47.3. The molecule has 0 aromatic heterocycles. The standard InChI is InChI=1S/C21H15F3O3/c22-21(23,24)27-18-8-4-7-17(12-18)19-11-16(13-25)9-10-20(19)26-14-15-5-2-1-3-6-15/h1-13H,14H2. The second-order valence-electron chi connectivity index (χ2n) is 5.72. The number of ether oxygens (including phenoxy) is 2. The number of carbonyl (C=O) groups is 1. The molecule has 0 radical (unpaired) electrons. The van der Waals surface area contributed by atoms with Crippen molar-refractivity contribution in [1.29, 1.82) is 0 Å². The smallest absolute Gasteiger partial charge is 0.488 e. The quantitative estimate of drug-likeness (QED) is 0.525. The monoisotopic (exact) mass is 372 g/mol. The number of halogens is 3. The highest BCUT2D eigenvalue weighted by Crippen LogP contribution is 2.34. The van der Waals surface area contributed by atoms with Gasteiger partial charge in [0.1, 0.15) is 24.4 Å². The van der Waals surface area contributed by atoms with Crippen LogP contribution in [0.2, 0.25) is 0 Å². The first-order chi connectivity index (χ1) is 12.9. The van der Waals surface area contributed by atoms with E-state index in [1.165, 1.54) is 18.2 Å². The molecule has 138 valence electrons. The van der Waals surface area contributed by atoms with Gasteiger partial charge in [0, 0.05) is 11.1 Å². The Bertz CT molecular complexity index is 921. The second kappa shape index (κ2) is 7.95. The molecule has 3 aromatic carbocycles. The summed E-state index contributed by atoms with van der Waals surface area (Å²) in [5, 5.41) is 0. The third kappa shape index (κ3) is 5.10. The number of carbonyl (C=O) groups excluding carboxylic acids is 1. The topological polar surface area (TPSA) is 35.5 Å². The minimum atomic E-state index is -4.78. The summed E-state index contributed by atoms with van der Waals surface area (Å²) in [5.41, 5.74) is 2.28. The lowest BCUT2D eigenvalue weighted by molar-refractivity contribution is -0.274. The van der Waals surface area contributed by atoms with Crippen LogP contribution in [0.15, 0.2) is 72.8 Å². The van der Waals surface area contributed by atoms with Crippen LogP contribution in [-0.4, -0.2) is 12.6 Å². The molecule has 27 heavy (non-hydrogen) atoms. The van der Waals surface area contributed by atoms with E-state index in [0.29, 0.717) is 28.7 Å². The Morgan fingerprint density at radius 1 is 0.889 bits per heavy atom. The fourth-order valence-electron chi connectivity index (χ4n) is 2.57. The summed E-state index contributed by atoms with van der Waals surface area (Å²) in [5.74, 6) is 0.110. The van der Waals surface area contributed by atoms with Crippen molar-refractivity contribution < 1.29 is 27.4 Å². The number of rotatable bonds is 6. The van der Waals surface area contributed by atoms with E-state index in [4.69, 9.17) is 4.74 Å². The fraction of sp³-hybridized carbons (Fsp3) is 0.0952. The summed E-state index contributed by atoms with van der Waals surface area (Å²) in [6.07, 6.45) is -4.11. The van der Waals surface area contributed by atoms with E-state index in [-0.39, 0.29) is 12.4 Å². The molecule has 0 bridgehead atoms. The van der Waals surface area contributed by atoms with Crippen LogP contribution in [0.4, 0.5) is 13.2 Å². The molecule has 3 rings (SSSR count). The molecular weight excluding hydrogens is 357 g/mol. The van der Waals surface area contributed by atoms with Crippen molar-refractivity contribution in [2.45, 2.75) is 13.0 Å². The first-order valence-electron chi connectivity index (χ1n) is 8.07. The second-order valence-corrected chi connectivity index (χ2v) is 5.72. The van der Waals surface area contributed by atoms with Crippen LogP contribution in [-0.2, 0) is 6.61 Å². The zero-order valence-electron chi connectivity index (χ0n) is 14.1. The van der Waals surface area contributed by atoms with Crippen molar-refractivity contribution in [1.82, 2.24) is 0 Å². The molecule has 0 N–H and O–H groups in total. The first kappa shape index (κ1) is 18.5. The van der Waals surface area contributed by atoms with Gasteiger partial charge in [0.05, 0.1) is 0 Å². The normalized spacial score (nSPS) is 11.1. The lowest BCUT2D eigenvalue weighted by atomic mass is 10.0. The average molecular weight is 372 g/mol. The molecule has 0 atom stereocenters. The van der Waals surface area contributed by atoms with Gasteiger partial charge in [-0.3, -0.25) is 4.79 Å². The minimum Gasteiger partial charge on any atom is -0.488 e. The Balaban J connectivity index is 1.93. The van der Waals surface area contributed by atoms with Crippen LogP contribution in [0, 0.1) is 0 Å². The fourth-order valence-corrected chi connectivity index (χ4v) is 2.57. The molecule has 0 aliphatic rings. The zero-order valence-corrected chi connectivity index (χ0v) is 14.1. The highest BCUT2D eigenvalue weighted by molar-refractivity contribution is 5.81. The van der Waals surface area contributed by atoms with Crippen molar-refractivity contribution in [3.63, 3.8) is 0 Å². The van der Waals surface area contributed by atoms with Crippen LogP contribution in [0.5, 0.6) is 11.5 Å². The van der Waals surface area contributed by atoms with Gasteiger partial charge in [-0.25, -0.2) is 0 Å². The molecule has 0 unspecified atom stereocenters. The average Bonchev–Trinajstić information content (AvgIpc) is 2.66. The molecule has 3 nitrogen and oxygen atoms in total. The van der Waals surface area contributed by atoms with Gasteiger partial charge >= 0.3 is 6.36 Å². The van der Waals surface area contributed by atoms with E-state index in [1.807, 2.05) is 30.3 Å². The minimum absolute atomic E-state index is 0.285. The number of aldehydes is 1. The molecule has 0 amide bonds. The summed E-state index contributed by atoms with van der Waals surface area (Å²) in [7, 11) is 0. The highest BCUT2D eigenvalue weighted by atomic mass is 19.4. The maximum absolute atomic E-state index is 12.5. The maximum atomic E-state index is 12.5. The van der Waals surface area contributed by atoms with E-state index >= 15 is 0 Å². The van der Waals surface area contributed by atoms with Crippen molar-refractivity contribution >= 4 is 6.29 Å². The lowest BCUT2D eigenvalue weighted by Gasteiger charge is -2.14. The number of benzene rings is 3. The summed E-state index contributed by atoms with van der Waals surface area (Å²) in [6, 6.07) is 19.8. The van der Waals surface area contributed by atoms with Crippen molar-refractivity contribution in [3.05, 3.63) is 83.9 Å². The lowest BCUT2D eigenvalue weighted by Crippen LogP contribution is -2.17. The van der Waals surface area contributed by atoms with E-state index in [0.717, 1.165) is 5.56 Å². The summed E-state index contributed by atoms with van der Waals surface area (Å²) in [6.45, 7) is 0.285. The van der Waals surface area contributed by atoms with E-state index in [9.17, 15) is 18.0 Å². The molecule has 0 aliphatic heterocycles. The molecule has 0 fully saturated rings. The molecule has 0 saturated heterocycles. The van der Waals surface area contributed by atoms with Crippen LogP contribution in [0.25, 0.3) is 11.1 Å². The highest BCUT2D eigenvalue weighted by Gasteiger charge is 2.31. The van der Waals surface area contributed by atoms with Gasteiger partial charge in [0.25, 0.3) is 0 Å². The van der Waals surface area contributed by atoms with E-state index < -0.39 is 6.36 Å². The van der Waals surface area contributed by atoms with Crippen LogP contribution in [0.1, 0.15) is 15.9 Å². The van der Waals surface area contributed by atoms with Crippen LogP contribution >= 0.6 is 0 Å². The maximum Gasteiger partial charge on any atom is 0.573 e. The van der Waals surface area contributed by atoms with Crippen molar-refractivity contribution in [2.24, 2.45) is 0 Å². The Kier molecular flexibility index (Phi) is 5.45. The van der Waals surface area contributed by atoms with Crippen molar-refractivity contribution in [2.75, 3.05) is 0 Å². The number of hydrogen-bond acceptors (Lipinski definition) is 3. The van der Waals surface area contributed by atoms with Crippen molar-refractivity contribution in [3.8, 4) is 22.6 Å². The molecular formula is C21H15F3O3. The zero-order chi connectivity index (χ0) is 19.3. The van der Waals surface area contributed by atoms with Gasteiger partial charge in [-0.05, 0) is 41.5 Å². The first-order valence-corrected chi connectivity index (χ1v) is 8.07. The predicted molar refractivity (Wildman–Crippen MR) is 94.7 cm³/mol. The summed E-state index contributed by atoms with van der Waals surface area (Å²) >= 11 is 0. The Labute approximate surface area is 154 Å². The molecule has 6 heteroatoms. The third-order valence-corrected chi connectivity index (χ3v) is 3.76. The van der Waals surface area contributed by atoms with Gasteiger partial charge in [-0.15, -0.1) is 13.2 Å². The van der Waals surface area contributed by atoms with Gasteiger partial charge < -0.3 is 9.47 Å². The van der Waals surface area contributed by atoms with Crippen LogP contribution in [0.3, 0.4) is 0 Å². The van der Waals surface area contributed by atoms with Gasteiger partial charge in [0.2, 0.25) is 0 Å². The number of alkyl halides is 3. The largest absolute Gasteiger partial charge is 0.573 e. The van der Waals surface area contributed by atoms with E-state index in [2.05, 4.69) is 4.74 Å². The molecule has 0 saturated carbocycles.